The fourth-order valence-electron chi connectivity index (χ4n) is 4.37. The number of rotatable bonds is 11. The molecule has 2 heteroatoms. The van der Waals surface area contributed by atoms with Crippen LogP contribution in [-0.4, -0.2) is 13.1 Å². The summed E-state index contributed by atoms with van der Waals surface area (Å²) in [6.07, 6.45) is 0. The minimum atomic E-state index is 1.06. The van der Waals surface area contributed by atoms with E-state index in [9.17, 15) is 0 Å². The van der Waals surface area contributed by atoms with Crippen molar-refractivity contribution in [1.82, 2.24) is 0 Å². The average molecular weight is 423 g/mol. The highest BCUT2D eigenvalue weighted by Crippen LogP contribution is 2.00. The summed E-state index contributed by atoms with van der Waals surface area (Å²) in [7, 11) is 0. The normalized spacial score (nSPS) is 11.2. The van der Waals surface area contributed by atoms with Crippen molar-refractivity contribution in [2.75, 3.05) is 13.1 Å². The van der Waals surface area contributed by atoms with E-state index in [4.69, 9.17) is 0 Å². The molecule has 0 radical (unpaired) electrons. The second kappa shape index (κ2) is 12.0. The van der Waals surface area contributed by atoms with Gasteiger partial charge in [0.2, 0.25) is 0 Å². The van der Waals surface area contributed by atoms with E-state index >= 15 is 0 Å². The Balaban J connectivity index is 1.47. The summed E-state index contributed by atoms with van der Waals surface area (Å²) in [4.78, 5) is 3.22. The van der Waals surface area contributed by atoms with Crippen LogP contribution in [0.3, 0.4) is 0 Å². The molecule has 4 aromatic carbocycles. The zero-order valence-corrected chi connectivity index (χ0v) is 18.8. The minimum absolute atomic E-state index is 1.06. The molecule has 4 aromatic rings. The molecule has 0 aromatic heterocycles. The smallest absolute Gasteiger partial charge is 0.127 e. The van der Waals surface area contributed by atoms with E-state index in [0.29, 0.717) is 0 Å². The zero-order valence-electron chi connectivity index (χ0n) is 18.8. The summed E-state index contributed by atoms with van der Waals surface area (Å²) in [6, 6.07) is 43.6. The molecule has 0 heterocycles. The first kappa shape index (κ1) is 22.0. The number of hydrogen-bond acceptors (Lipinski definition) is 0. The first-order valence-corrected chi connectivity index (χ1v) is 11.7. The molecule has 0 bridgehead atoms. The van der Waals surface area contributed by atoms with Gasteiger partial charge in [-0.15, -0.1) is 0 Å². The molecule has 0 fully saturated rings. The second-order valence-electron chi connectivity index (χ2n) is 8.65. The fraction of sp³-hybridized carbons (Fsp3) is 0.200. The second-order valence-corrected chi connectivity index (χ2v) is 8.65. The summed E-state index contributed by atoms with van der Waals surface area (Å²) in [5, 5.41) is 0. The van der Waals surface area contributed by atoms with Crippen LogP contribution in [0, 0.1) is 0 Å². The molecule has 0 saturated heterocycles. The van der Waals surface area contributed by atoms with Gasteiger partial charge in [0.1, 0.15) is 39.3 Å². The highest BCUT2D eigenvalue weighted by atomic mass is 15.2. The summed E-state index contributed by atoms with van der Waals surface area (Å²) in [6.45, 7) is 6.50. The maximum absolute atomic E-state index is 2.25. The lowest BCUT2D eigenvalue weighted by Gasteiger charge is -2.24. The SMILES string of the molecule is c1ccc(C[NH+](CC[NH+](Cc2ccccc2)Cc2ccccc2)Cc2ccccc2)cc1. The third-order valence-corrected chi connectivity index (χ3v) is 6.02. The van der Waals surface area contributed by atoms with E-state index in [1.54, 1.807) is 9.80 Å². The van der Waals surface area contributed by atoms with Crippen molar-refractivity contribution in [2.24, 2.45) is 0 Å². The Morgan fingerprint density at radius 3 is 0.750 bits per heavy atom. The molecule has 32 heavy (non-hydrogen) atoms. The van der Waals surface area contributed by atoms with Gasteiger partial charge in [0.15, 0.2) is 0 Å². The number of benzene rings is 4. The molecule has 162 valence electrons. The molecule has 0 aliphatic carbocycles. The van der Waals surface area contributed by atoms with Crippen LogP contribution < -0.4 is 9.80 Å². The Morgan fingerprint density at radius 2 is 0.531 bits per heavy atom. The average Bonchev–Trinajstić information content (AvgIpc) is 2.85. The topological polar surface area (TPSA) is 8.88 Å². The van der Waals surface area contributed by atoms with E-state index in [2.05, 4.69) is 121 Å². The zero-order chi connectivity index (χ0) is 21.8. The molecule has 0 aliphatic heterocycles. The molecule has 0 amide bonds. The van der Waals surface area contributed by atoms with Gasteiger partial charge < -0.3 is 9.80 Å². The Hall–Kier alpha value is -3.20. The molecule has 2 N–H and O–H groups in total. The third-order valence-electron chi connectivity index (χ3n) is 6.02. The third kappa shape index (κ3) is 7.19. The van der Waals surface area contributed by atoms with E-state index in [1.165, 1.54) is 22.3 Å². The summed E-state index contributed by atoms with van der Waals surface area (Å²) in [5.41, 5.74) is 5.63. The first-order valence-electron chi connectivity index (χ1n) is 11.7. The number of quaternary nitrogens is 2. The summed E-state index contributed by atoms with van der Waals surface area (Å²) < 4.78 is 0. The predicted molar refractivity (Wildman–Crippen MR) is 132 cm³/mol. The van der Waals surface area contributed by atoms with Crippen LogP contribution in [0.2, 0.25) is 0 Å². The van der Waals surface area contributed by atoms with Crippen molar-refractivity contribution in [3.63, 3.8) is 0 Å². The molecule has 4 rings (SSSR count). The van der Waals surface area contributed by atoms with Gasteiger partial charge in [0.05, 0.1) is 0 Å². The molecule has 0 unspecified atom stereocenters. The van der Waals surface area contributed by atoms with Crippen LogP contribution in [-0.2, 0) is 26.2 Å². The largest absolute Gasteiger partial charge is 0.323 e. The van der Waals surface area contributed by atoms with Crippen molar-refractivity contribution in [3.05, 3.63) is 144 Å². The molecule has 0 aliphatic rings. The monoisotopic (exact) mass is 422 g/mol. The maximum atomic E-state index is 2.25. The lowest BCUT2D eigenvalue weighted by Crippen LogP contribution is -3.18. The molecule has 0 atom stereocenters. The summed E-state index contributed by atoms with van der Waals surface area (Å²) in [5.74, 6) is 0. The van der Waals surface area contributed by atoms with Gasteiger partial charge >= 0.3 is 0 Å². The van der Waals surface area contributed by atoms with Gasteiger partial charge in [0, 0.05) is 22.3 Å². The van der Waals surface area contributed by atoms with Crippen LogP contribution in [0.15, 0.2) is 121 Å². The Kier molecular flexibility index (Phi) is 8.25. The van der Waals surface area contributed by atoms with Gasteiger partial charge in [-0.25, -0.2) is 0 Å². The number of nitrogens with one attached hydrogen (secondary N) is 2. The van der Waals surface area contributed by atoms with E-state index in [0.717, 1.165) is 39.3 Å². The molecule has 0 spiro atoms. The first-order chi connectivity index (χ1) is 15.8. The highest BCUT2D eigenvalue weighted by molar-refractivity contribution is 5.16. The minimum Gasteiger partial charge on any atom is -0.323 e. The van der Waals surface area contributed by atoms with Crippen molar-refractivity contribution in [3.8, 4) is 0 Å². The van der Waals surface area contributed by atoms with Crippen LogP contribution in [0.4, 0.5) is 0 Å². The van der Waals surface area contributed by atoms with Gasteiger partial charge in [0.25, 0.3) is 0 Å². The molecule has 2 nitrogen and oxygen atoms in total. The number of hydrogen-bond donors (Lipinski definition) is 2. The molecular weight excluding hydrogens is 388 g/mol. The predicted octanol–water partition coefficient (Wildman–Crippen LogP) is 3.56. The van der Waals surface area contributed by atoms with Crippen molar-refractivity contribution in [2.45, 2.75) is 26.2 Å². The van der Waals surface area contributed by atoms with E-state index in [1.807, 2.05) is 0 Å². The van der Waals surface area contributed by atoms with Crippen molar-refractivity contribution < 1.29 is 9.80 Å². The van der Waals surface area contributed by atoms with Crippen LogP contribution in [0.5, 0.6) is 0 Å². The molecule has 0 saturated carbocycles. The van der Waals surface area contributed by atoms with Gasteiger partial charge in [-0.2, -0.15) is 0 Å². The maximum Gasteiger partial charge on any atom is 0.127 e. The Labute approximate surface area is 192 Å². The van der Waals surface area contributed by atoms with Crippen LogP contribution in [0.25, 0.3) is 0 Å². The standard InChI is InChI=1S/C30H32N2/c1-5-13-27(14-6-1)23-31(24-28-15-7-2-8-16-28)21-22-32(25-29-17-9-3-10-18-29)26-30-19-11-4-12-20-30/h1-20H,21-26H2/p+2. The molecular formula is C30H34N2+2. The lowest BCUT2D eigenvalue weighted by molar-refractivity contribution is -0.983. The summed E-state index contributed by atoms with van der Waals surface area (Å²) >= 11 is 0. The van der Waals surface area contributed by atoms with Gasteiger partial charge in [-0.1, -0.05) is 121 Å². The van der Waals surface area contributed by atoms with Gasteiger partial charge in [-0.3, -0.25) is 0 Å². The van der Waals surface area contributed by atoms with Gasteiger partial charge in [-0.05, 0) is 0 Å². The lowest BCUT2D eigenvalue weighted by atomic mass is 10.1. The Morgan fingerprint density at radius 1 is 0.312 bits per heavy atom. The Bertz CT molecular complexity index is 847. The van der Waals surface area contributed by atoms with E-state index < -0.39 is 0 Å². The van der Waals surface area contributed by atoms with Crippen LogP contribution >= 0.6 is 0 Å². The van der Waals surface area contributed by atoms with Crippen molar-refractivity contribution >= 4 is 0 Å². The van der Waals surface area contributed by atoms with Crippen molar-refractivity contribution in [1.29, 1.82) is 0 Å². The van der Waals surface area contributed by atoms with Crippen LogP contribution in [0.1, 0.15) is 22.3 Å². The highest BCUT2D eigenvalue weighted by Gasteiger charge is 2.17. The van der Waals surface area contributed by atoms with E-state index in [-0.39, 0.29) is 0 Å². The fourth-order valence-corrected chi connectivity index (χ4v) is 4.37. The quantitative estimate of drug-likeness (QED) is 0.366.